The van der Waals surface area contributed by atoms with Crippen LogP contribution in [-0.2, 0) is 0 Å². The zero-order chi connectivity index (χ0) is 12.3. The second-order valence-corrected chi connectivity index (χ2v) is 6.18. The minimum Gasteiger partial charge on any atom is -0.313 e. The molecule has 2 atom stereocenters. The van der Waals surface area contributed by atoms with Gasteiger partial charge in [0.1, 0.15) is 0 Å². The Bertz CT molecular complexity index is 342. The van der Waals surface area contributed by atoms with Crippen LogP contribution >= 0.6 is 11.3 Å². The Labute approximate surface area is 109 Å². The second kappa shape index (κ2) is 5.98. The number of thiophene rings is 1. The molecule has 1 N–H and O–H groups in total. The Morgan fingerprint density at radius 2 is 2.35 bits per heavy atom. The van der Waals surface area contributed by atoms with Gasteiger partial charge in [-0.15, -0.1) is 11.3 Å². The zero-order valence-corrected chi connectivity index (χ0v) is 12.0. The third-order valence-corrected chi connectivity index (χ3v) is 5.05. The van der Waals surface area contributed by atoms with Crippen LogP contribution in [0, 0.1) is 6.92 Å². The molecule has 2 heterocycles. The number of aryl methyl sites for hydroxylation is 1. The van der Waals surface area contributed by atoms with Crippen LogP contribution < -0.4 is 5.32 Å². The van der Waals surface area contributed by atoms with Crippen LogP contribution in [-0.4, -0.2) is 31.1 Å². The van der Waals surface area contributed by atoms with E-state index in [0.29, 0.717) is 12.1 Å². The first-order valence-electron chi connectivity index (χ1n) is 6.66. The Morgan fingerprint density at radius 1 is 1.53 bits per heavy atom. The highest BCUT2D eigenvalue weighted by atomic mass is 32.1. The maximum atomic E-state index is 3.63. The van der Waals surface area contributed by atoms with Crippen molar-refractivity contribution in [3.8, 4) is 0 Å². The lowest BCUT2D eigenvalue weighted by atomic mass is 10.0. The summed E-state index contributed by atoms with van der Waals surface area (Å²) in [5, 5.41) is 5.83. The fourth-order valence-corrected chi connectivity index (χ4v) is 3.65. The van der Waals surface area contributed by atoms with E-state index in [1.807, 2.05) is 11.3 Å². The highest BCUT2D eigenvalue weighted by Gasteiger charge is 2.20. The Balaban J connectivity index is 1.90. The molecule has 1 aliphatic rings. The normalized spacial score (nSPS) is 22.9. The van der Waals surface area contributed by atoms with Gasteiger partial charge in [-0.3, -0.25) is 4.90 Å². The van der Waals surface area contributed by atoms with Gasteiger partial charge in [0, 0.05) is 23.5 Å². The molecule has 0 saturated carbocycles. The monoisotopic (exact) mass is 252 g/mol. The fraction of sp³-hybridized carbons (Fsp3) is 0.714. The quantitative estimate of drug-likeness (QED) is 0.885. The van der Waals surface area contributed by atoms with Crippen molar-refractivity contribution in [3.63, 3.8) is 0 Å². The molecule has 3 heteroatoms. The van der Waals surface area contributed by atoms with Crippen LogP contribution in [0.1, 0.15) is 42.7 Å². The van der Waals surface area contributed by atoms with Gasteiger partial charge < -0.3 is 5.32 Å². The molecule has 0 spiro atoms. The summed E-state index contributed by atoms with van der Waals surface area (Å²) in [4.78, 5) is 4.00. The SMILES string of the molecule is Cc1ccsc1C(C)N(C)CC1CCCCN1. The van der Waals surface area contributed by atoms with E-state index in [0.717, 1.165) is 0 Å². The number of hydrogen-bond donors (Lipinski definition) is 1. The van der Waals surface area contributed by atoms with Gasteiger partial charge >= 0.3 is 0 Å². The van der Waals surface area contributed by atoms with E-state index in [9.17, 15) is 0 Å². The average Bonchev–Trinajstić information content (AvgIpc) is 2.76. The van der Waals surface area contributed by atoms with Gasteiger partial charge in [-0.25, -0.2) is 0 Å². The van der Waals surface area contributed by atoms with E-state index in [1.165, 1.54) is 42.8 Å². The summed E-state index contributed by atoms with van der Waals surface area (Å²) in [7, 11) is 2.25. The first kappa shape index (κ1) is 13.1. The van der Waals surface area contributed by atoms with E-state index in [-0.39, 0.29) is 0 Å². The molecule has 2 rings (SSSR count). The highest BCUT2D eigenvalue weighted by Crippen LogP contribution is 2.27. The number of hydrogen-bond acceptors (Lipinski definition) is 3. The molecule has 0 aliphatic carbocycles. The molecule has 1 aromatic rings. The standard InChI is InChI=1S/C14H24N2S/c1-11-7-9-17-14(11)12(2)16(3)10-13-6-4-5-8-15-13/h7,9,12-13,15H,4-6,8,10H2,1-3H3. The third kappa shape index (κ3) is 3.30. The van der Waals surface area contributed by atoms with Gasteiger partial charge in [-0.05, 0) is 57.3 Å². The van der Waals surface area contributed by atoms with Gasteiger partial charge in [-0.1, -0.05) is 6.42 Å². The summed E-state index contributed by atoms with van der Waals surface area (Å²) < 4.78 is 0. The lowest BCUT2D eigenvalue weighted by Gasteiger charge is -2.31. The highest BCUT2D eigenvalue weighted by molar-refractivity contribution is 7.10. The molecule has 1 fully saturated rings. The summed E-state index contributed by atoms with van der Waals surface area (Å²) in [5.74, 6) is 0. The van der Waals surface area contributed by atoms with Crippen molar-refractivity contribution in [3.05, 3.63) is 21.9 Å². The minimum atomic E-state index is 0.540. The van der Waals surface area contributed by atoms with Crippen molar-refractivity contribution in [1.82, 2.24) is 10.2 Å². The second-order valence-electron chi connectivity index (χ2n) is 5.23. The van der Waals surface area contributed by atoms with Gasteiger partial charge in [0.25, 0.3) is 0 Å². The van der Waals surface area contributed by atoms with Gasteiger partial charge in [0.05, 0.1) is 0 Å². The van der Waals surface area contributed by atoms with Crippen LogP contribution in [0.3, 0.4) is 0 Å². The molecule has 1 saturated heterocycles. The topological polar surface area (TPSA) is 15.3 Å². The molecular weight excluding hydrogens is 228 g/mol. The Morgan fingerprint density at radius 3 is 2.94 bits per heavy atom. The smallest absolute Gasteiger partial charge is 0.0413 e. The van der Waals surface area contributed by atoms with Gasteiger partial charge in [0.2, 0.25) is 0 Å². The molecule has 96 valence electrons. The third-order valence-electron chi connectivity index (χ3n) is 3.86. The van der Waals surface area contributed by atoms with E-state index in [1.54, 1.807) is 0 Å². The molecule has 1 aliphatic heterocycles. The molecule has 2 nitrogen and oxygen atoms in total. The summed E-state index contributed by atoms with van der Waals surface area (Å²) in [6, 6.07) is 3.46. The number of nitrogens with one attached hydrogen (secondary N) is 1. The van der Waals surface area contributed by atoms with Crippen LogP contribution in [0.15, 0.2) is 11.4 Å². The van der Waals surface area contributed by atoms with Crippen molar-refractivity contribution in [2.75, 3.05) is 20.1 Å². The molecule has 0 radical (unpaired) electrons. The molecule has 1 aromatic heterocycles. The fourth-order valence-electron chi connectivity index (χ4n) is 2.60. The predicted molar refractivity (Wildman–Crippen MR) is 75.7 cm³/mol. The van der Waals surface area contributed by atoms with Crippen molar-refractivity contribution < 1.29 is 0 Å². The summed E-state index contributed by atoms with van der Waals surface area (Å²) >= 11 is 1.89. The molecule has 17 heavy (non-hydrogen) atoms. The van der Waals surface area contributed by atoms with Crippen molar-refractivity contribution in [1.29, 1.82) is 0 Å². The van der Waals surface area contributed by atoms with Gasteiger partial charge in [-0.2, -0.15) is 0 Å². The zero-order valence-electron chi connectivity index (χ0n) is 11.2. The summed E-state index contributed by atoms with van der Waals surface area (Å²) in [6.07, 6.45) is 4.07. The maximum absolute atomic E-state index is 3.63. The number of nitrogens with zero attached hydrogens (tertiary/aromatic N) is 1. The molecular formula is C14H24N2S. The largest absolute Gasteiger partial charge is 0.313 e. The first-order chi connectivity index (χ1) is 8.18. The Hall–Kier alpha value is -0.380. The number of piperidine rings is 1. The van der Waals surface area contributed by atoms with Crippen LogP contribution in [0.4, 0.5) is 0 Å². The molecule has 0 aromatic carbocycles. The maximum Gasteiger partial charge on any atom is 0.0413 e. The Kier molecular flexibility index (Phi) is 4.60. The summed E-state index contributed by atoms with van der Waals surface area (Å²) in [5.41, 5.74) is 1.44. The van der Waals surface area contributed by atoms with Crippen molar-refractivity contribution in [2.24, 2.45) is 0 Å². The lowest BCUT2D eigenvalue weighted by Crippen LogP contribution is -2.43. The van der Waals surface area contributed by atoms with Crippen molar-refractivity contribution in [2.45, 2.75) is 45.2 Å². The molecule has 2 unspecified atom stereocenters. The average molecular weight is 252 g/mol. The van der Waals surface area contributed by atoms with Crippen molar-refractivity contribution >= 4 is 11.3 Å². The van der Waals surface area contributed by atoms with E-state index < -0.39 is 0 Å². The first-order valence-corrected chi connectivity index (χ1v) is 7.54. The van der Waals surface area contributed by atoms with E-state index in [4.69, 9.17) is 0 Å². The van der Waals surface area contributed by atoms with Crippen LogP contribution in [0.2, 0.25) is 0 Å². The van der Waals surface area contributed by atoms with E-state index in [2.05, 4.69) is 42.6 Å². The van der Waals surface area contributed by atoms with Crippen LogP contribution in [0.5, 0.6) is 0 Å². The summed E-state index contributed by atoms with van der Waals surface area (Å²) in [6.45, 7) is 6.90. The van der Waals surface area contributed by atoms with Crippen LogP contribution in [0.25, 0.3) is 0 Å². The van der Waals surface area contributed by atoms with Gasteiger partial charge in [0.15, 0.2) is 0 Å². The minimum absolute atomic E-state index is 0.540. The molecule has 0 bridgehead atoms. The molecule has 0 amide bonds. The van der Waals surface area contributed by atoms with E-state index >= 15 is 0 Å². The predicted octanol–water partition coefficient (Wildman–Crippen LogP) is 3.19. The number of likely N-dealkylation sites (N-methyl/N-ethyl adjacent to an activating group) is 1. The number of rotatable bonds is 4. The lowest BCUT2D eigenvalue weighted by molar-refractivity contribution is 0.216.